The van der Waals surface area contributed by atoms with Gasteiger partial charge in [0.2, 0.25) is 0 Å². The van der Waals surface area contributed by atoms with Crippen LogP contribution in [-0.2, 0) is 13.1 Å². The molecule has 5 nitrogen and oxygen atoms in total. The molecular formula is C7H14N4O. The largest absolute Gasteiger partial charge is 0.396 e. The average molecular weight is 170 g/mol. The Bertz CT molecular complexity index is 223. The maximum atomic E-state index is 8.53. The second-order valence-corrected chi connectivity index (χ2v) is 2.61. The number of nitrogens with two attached hydrogens (primary N) is 1. The maximum absolute atomic E-state index is 8.53. The summed E-state index contributed by atoms with van der Waals surface area (Å²) in [4.78, 5) is 0. The number of aliphatic hydroxyl groups is 1. The van der Waals surface area contributed by atoms with E-state index >= 15 is 0 Å². The van der Waals surface area contributed by atoms with Crippen molar-refractivity contribution < 1.29 is 5.11 Å². The van der Waals surface area contributed by atoms with Gasteiger partial charge in [-0.2, -0.15) is 0 Å². The highest BCUT2D eigenvalue weighted by atomic mass is 16.2. The first-order valence-corrected chi connectivity index (χ1v) is 4.06. The summed E-state index contributed by atoms with van der Waals surface area (Å²) in [6.45, 7) is 1.46. The summed E-state index contributed by atoms with van der Waals surface area (Å²) in [7, 11) is 0. The molecule has 0 amide bonds. The summed E-state index contributed by atoms with van der Waals surface area (Å²) in [5, 5.41) is 16.2. The van der Waals surface area contributed by atoms with E-state index in [9.17, 15) is 0 Å². The average Bonchev–Trinajstić information content (AvgIpc) is 2.53. The van der Waals surface area contributed by atoms with Crippen molar-refractivity contribution in [1.82, 2.24) is 15.0 Å². The molecule has 1 aromatic heterocycles. The fourth-order valence-corrected chi connectivity index (χ4v) is 0.927. The molecule has 0 aliphatic rings. The van der Waals surface area contributed by atoms with Gasteiger partial charge in [0.05, 0.1) is 5.69 Å². The lowest BCUT2D eigenvalue weighted by Crippen LogP contribution is -1.99. The van der Waals surface area contributed by atoms with Gasteiger partial charge in [-0.15, -0.1) is 5.10 Å². The van der Waals surface area contributed by atoms with Gasteiger partial charge in [-0.1, -0.05) is 5.21 Å². The van der Waals surface area contributed by atoms with Crippen molar-refractivity contribution in [1.29, 1.82) is 0 Å². The van der Waals surface area contributed by atoms with Crippen molar-refractivity contribution in [2.24, 2.45) is 5.73 Å². The van der Waals surface area contributed by atoms with Crippen molar-refractivity contribution >= 4 is 0 Å². The van der Waals surface area contributed by atoms with Gasteiger partial charge < -0.3 is 10.8 Å². The molecule has 68 valence electrons. The van der Waals surface area contributed by atoms with Gasteiger partial charge in [0.1, 0.15) is 0 Å². The Hall–Kier alpha value is -0.940. The zero-order valence-electron chi connectivity index (χ0n) is 6.98. The van der Waals surface area contributed by atoms with E-state index in [1.807, 2.05) is 6.20 Å². The second-order valence-electron chi connectivity index (χ2n) is 2.61. The number of aryl methyl sites for hydroxylation is 1. The summed E-state index contributed by atoms with van der Waals surface area (Å²) in [6.07, 6.45) is 3.55. The number of aromatic nitrogens is 3. The molecule has 0 aliphatic carbocycles. The lowest BCUT2D eigenvalue weighted by atomic mass is 10.3. The SMILES string of the molecule is NCc1cn(CCCCO)nn1. The maximum Gasteiger partial charge on any atom is 0.0962 e. The van der Waals surface area contributed by atoms with Crippen LogP contribution in [0.1, 0.15) is 18.5 Å². The Balaban J connectivity index is 2.31. The minimum Gasteiger partial charge on any atom is -0.396 e. The quantitative estimate of drug-likeness (QED) is 0.584. The minimum atomic E-state index is 0.235. The third kappa shape index (κ3) is 2.60. The Morgan fingerprint density at radius 2 is 2.33 bits per heavy atom. The molecule has 0 bridgehead atoms. The molecule has 1 aromatic rings. The number of nitrogens with zero attached hydrogens (tertiary/aromatic N) is 3. The molecule has 0 aliphatic heterocycles. The van der Waals surface area contributed by atoms with Crippen LogP contribution in [0.4, 0.5) is 0 Å². The zero-order valence-corrected chi connectivity index (χ0v) is 6.98. The summed E-state index contributed by atoms with van der Waals surface area (Å²) in [5.74, 6) is 0. The van der Waals surface area contributed by atoms with Crippen molar-refractivity contribution in [2.45, 2.75) is 25.9 Å². The predicted molar refractivity (Wildman–Crippen MR) is 44.2 cm³/mol. The Labute approximate surface area is 71.2 Å². The van der Waals surface area contributed by atoms with Gasteiger partial charge >= 0.3 is 0 Å². The molecule has 0 aromatic carbocycles. The summed E-state index contributed by atoms with van der Waals surface area (Å²) >= 11 is 0. The molecule has 5 heteroatoms. The molecule has 1 rings (SSSR count). The van der Waals surface area contributed by atoms with Crippen LogP contribution in [0, 0.1) is 0 Å². The molecule has 0 radical (unpaired) electrons. The number of rotatable bonds is 5. The van der Waals surface area contributed by atoms with E-state index in [1.54, 1.807) is 4.68 Å². The van der Waals surface area contributed by atoms with E-state index < -0.39 is 0 Å². The highest BCUT2D eigenvalue weighted by Gasteiger charge is 1.96. The fraction of sp³-hybridized carbons (Fsp3) is 0.714. The van der Waals surface area contributed by atoms with Crippen molar-refractivity contribution in [2.75, 3.05) is 6.61 Å². The van der Waals surface area contributed by atoms with Crippen molar-refractivity contribution in [3.63, 3.8) is 0 Å². The molecular weight excluding hydrogens is 156 g/mol. The molecule has 12 heavy (non-hydrogen) atoms. The van der Waals surface area contributed by atoms with E-state index in [2.05, 4.69) is 10.3 Å². The molecule has 1 heterocycles. The molecule has 3 N–H and O–H groups in total. The van der Waals surface area contributed by atoms with Crippen molar-refractivity contribution in [3.8, 4) is 0 Å². The lowest BCUT2D eigenvalue weighted by molar-refractivity contribution is 0.280. The molecule has 0 unspecified atom stereocenters. The molecule has 0 saturated heterocycles. The smallest absolute Gasteiger partial charge is 0.0962 e. The first-order valence-electron chi connectivity index (χ1n) is 4.06. The number of unbranched alkanes of at least 4 members (excludes halogenated alkanes) is 1. The summed E-state index contributed by atoms with van der Waals surface area (Å²) in [5.41, 5.74) is 6.17. The van der Waals surface area contributed by atoms with Gasteiger partial charge in [0.25, 0.3) is 0 Å². The molecule has 0 saturated carbocycles. The molecule has 0 fully saturated rings. The van der Waals surface area contributed by atoms with Crippen LogP contribution in [0.25, 0.3) is 0 Å². The van der Waals surface area contributed by atoms with Crippen LogP contribution in [0.2, 0.25) is 0 Å². The van der Waals surface area contributed by atoms with Crippen LogP contribution >= 0.6 is 0 Å². The first kappa shape index (κ1) is 9.15. The first-order chi connectivity index (χ1) is 5.86. The molecule has 0 spiro atoms. The Morgan fingerprint density at radius 1 is 1.50 bits per heavy atom. The fourth-order valence-electron chi connectivity index (χ4n) is 0.927. The van der Waals surface area contributed by atoms with E-state index in [-0.39, 0.29) is 6.61 Å². The van der Waals surface area contributed by atoms with E-state index in [0.29, 0.717) is 6.54 Å². The van der Waals surface area contributed by atoms with Gasteiger partial charge in [0.15, 0.2) is 0 Å². The lowest BCUT2D eigenvalue weighted by Gasteiger charge is -1.96. The van der Waals surface area contributed by atoms with Gasteiger partial charge in [-0.05, 0) is 12.8 Å². The van der Waals surface area contributed by atoms with Crippen LogP contribution in [0.5, 0.6) is 0 Å². The van der Waals surface area contributed by atoms with Crippen LogP contribution in [-0.4, -0.2) is 26.7 Å². The predicted octanol–water partition coefficient (Wildman–Crippen LogP) is -0.491. The standard InChI is InChI=1S/C7H14N4O/c8-5-7-6-11(10-9-7)3-1-2-4-12/h6,12H,1-5,8H2. The highest BCUT2D eigenvalue weighted by Crippen LogP contribution is 1.95. The normalized spacial score (nSPS) is 10.5. The highest BCUT2D eigenvalue weighted by molar-refractivity contribution is 4.90. The topological polar surface area (TPSA) is 77.0 Å². The number of hydrogen-bond acceptors (Lipinski definition) is 4. The summed E-state index contributed by atoms with van der Waals surface area (Å²) in [6, 6.07) is 0. The zero-order chi connectivity index (χ0) is 8.81. The Morgan fingerprint density at radius 3 is 2.92 bits per heavy atom. The van der Waals surface area contributed by atoms with Gasteiger partial charge in [0, 0.05) is 25.9 Å². The van der Waals surface area contributed by atoms with Crippen LogP contribution in [0.15, 0.2) is 6.20 Å². The minimum absolute atomic E-state index is 0.235. The number of aliphatic hydroxyl groups excluding tert-OH is 1. The summed E-state index contributed by atoms with van der Waals surface area (Å²) < 4.78 is 1.75. The third-order valence-corrected chi connectivity index (χ3v) is 1.59. The van der Waals surface area contributed by atoms with Crippen LogP contribution < -0.4 is 5.73 Å². The number of hydrogen-bond donors (Lipinski definition) is 2. The van der Waals surface area contributed by atoms with Gasteiger partial charge in [-0.25, -0.2) is 0 Å². The third-order valence-electron chi connectivity index (χ3n) is 1.59. The molecule has 0 atom stereocenters. The van der Waals surface area contributed by atoms with E-state index in [0.717, 1.165) is 25.1 Å². The van der Waals surface area contributed by atoms with E-state index in [1.165, 1.54) is 0 Å². The van der Waals surface area contributed by atoms with Gasteiger partial charge in [-0.3, -0.25) is 4.68 Å². The van der Waals surface area contributed by atoms with Crippen molar-refractivity contribution in [3.05, 3.63) is 11.9 Å². The second kappa shape index (κ2) is 4.84. The van der Waals surface area contributed by atoms with Crippen LogP contribution in [0.3, 0.4) is 0 Å². The Kier molecular flexibility index (Phi) is 3.69. The monoisotopic (exact) mass is 170 g/mol. The van der Waals surface area contributed by atoms with E-state index in [4.69, 9.17) is 10.8 Å².